The van der Waals surface area contributed by atoms with Crippen molar-refractivity contribution in [3.8, 4) is 0 Å². The Bertz CT molecular complexity index is 356. The Balaban J connectivity index is 2.32. The molecule has 2 N–H and O–H groups in total. The number of nitrogens with zero attached hydrogens (tertiary/aromatic N) is 1. The van der Waals surface area contributed by atoms with Crippen LogP contribution in [-0.2, 0) is 9.59 Å². The van der Waals surface area contributed by atoms with Crippen molar-refractivity contribution >= 4 is 11.8 Å². The van der Waals surface area contributed by atoms with Crippen LogP contribution in [-0.4, -0.2) is 28.8 Å². The van der Waals surface area contributed by atoms with Crippen molar-refractivity contribution in [3.63, 3.8) is 0 Å². The van der Waals surface area contributed by atoms with Gasteiger partial charge < -0.3 is 5.73 Å². The number of hydrogen-bond acceptors (Lipinski definition) is 3. The van der Waals surface area contributed by atoms with Gasteiger partial charge in [-0.25, -0.2) is 0 Å². The van der Waals surface area contributed by atoms with Gasteiger partial charge in [-0.1, -0.05) is 20.8 Å². The molecule has 0 spiro atoms. The highest BCUT2D eigenvalue weighted by atomic mass is 16.2. The van der Waals surface area contributed by atoms with E-state index in [2.05, 4.69) is 6.92 Å². The van der Waals surface area contributed by atoms with Gasteiger partial charge in [-0.3, -0.25) is 14.5 Å². The molecule has 0 bridgehead atoms. The first kappa shape index (κ1) is 13.5. The second kappa shape index (κ2) is 4.34. The van der Waals surface area contributed by atoms with Gasteiger partial charge in [-0.15, -0.1) is 0 Å². The normalized spacial score (nSPS) is 35.2. The quantitative estimate of drug-likeness (QED) is 0.772. The fraction of sp³-hybridized carbons (Fsp3) is 0.857. The molecule has 1 aliphatic carbocycles. The van der Waals surface area contributed by atoms with Crippen molar-refractivity contribution in [1.29, 1.82) is 0 Å². The Kier molecular flexibility index (Phi) is 3.26. The summed E-state index contributed by atoms with van der Waals surface area (Å²) in [7, 11) is 0. The third-order valence-electron chi connectivity index (χ3n) is 5.04. The van der Waals surface area contributed by atoms with Crippen molar-refractivity contribution < 1.29 is 9.59 Å². The first-order chi connectivity index (χ1) is 8.32. The fourth-order valence-corrected chi connectivity index (χ4v) is 3.37. The Morgan fingerprint density at radius 2 is 1.72 bits per heavy atom. The molecular formula is C14H24N2O2. The number of hydrogen-bond donors (Lipinski definition) is 1. The molecule has 0 radical (unpaired) electrons. The van der Waals surface area contributed by atoms with Crippen molar-refractivity contribution in [2.75, 3.05) is 6.54 Å². The Morgan fingerprint density at radius 3 is 2.06 bits per heavy atom. The number of fused-ring (bicyclic) bond motifs is 1. The predicted molar refractivity (Wildman–Crippen MR) is 69.5 cm³/mol. The minimum absolute atomic E-state index is 0.0102. The Morgan fingerprint density at radius 1 is 1.28 bits per heavy atom. The largest absolute Gasteiger partial charge is 0.328 e. The number of likely N-dealkylation sites (tertiary alicyclic amines) is 1. The van der Waals surface area contributed by atoms with Crippen LogP contribution in [0.2, 0.25) is 0 Å². The van der Waals surface area contributed by atoms with Crippen LogP contribution in [0.5, 0.6) is 0 Å². The maximum atomic E-state index is 12.5. The van der Waals surface area contributed by atoms with E-state index in [1.165, 1.54) is 4.90 Å². The number of nitrogens with two attached hydrogens (primary N) is 1. The third kappa shape index (κ3) is 1.69. The summed E-state index contributed by atoms with van der Waals surface area (Å²) in [5.41, 5.74) is 5.30. The molecule has 1 aliphatic heterocycles. The van der Waals surface area contributed by atoms with Crippen LogP contribution in [0.25, 0.3) is 0 Å². The zero-order valence-corrected chi connectivity index (χ0v) is 11.8. The summed E-state index contributed by atoms with van der Waals surface area (Å²) in [6, 6.07) is 0. The lowest BCUT2D eigenvalue weighted by atomic mass is 9.86. The van der Waals surface area contributed by atoms with E-state index in [-0.39, 0.29) is 29.6 Å². The van der Waals surface area contributed by atoms with Crippen molar-refractivity contribution in [1.82, 2.24) is 4.90 Å². The van der Waals surface area contributed by atoms with Gasteiger partial charge in [-0.05, 0) is 31.6 Å². The van der Waals surface area contributed by atoms with E-state index in [0.717, 1.165) is 12.8 Å². The molecule has 102 valence electrons. The van der Waals surface area contributed by atoms with Crippen LogP contribution in [0.4, 0.5) is 0 Å². The first-order valence-corrected chi connectivity index (χ1v) is 6.91. The summed E-state index contributed by atoms with van der Waals surface area (Å²) in [5.74, 6) is 0.506. The minimum atomic E-state index is -0.540. The van der Waals surface area contributed by atoms with Gasteiger partial charge >= 0.3 is 0 Å². The molecule has 4 nitrogen and oxygen atoms in total. The monoisotopic (exact) mass is 252 g/mol. The third-order valence-corrected chi connectivity index (χ3v) is 5.04. The van der Waals surface area contributed by atoms with E-state index in [4.69, 9.17) is 5.73 Å². The van der Waals surface area contributed by atoms with Crippen LogP contribution in [0.1, 0.15) is 40.5 Å². The molecule has 0 aromatic rings. The van der Waals surface area contributed by atoms with Crippen molar-refractivity contribution in [3.05, 3.63) is 0 Å². The molecule has 2 amide bonds. The molecule has 0 aromatic heterocycles. The van der Waals surface area contributed by atoms with Gasteiger partial charge in [0.15, 0.2) is 0 Å². The standard InChI is InChI=1S/C14H24N2O2/c1-8(2)14(4,7-15)16-12(17)10-5-9(3)6-11(10)13(16)18/h8-11H,5-7,15H2,1-4H3. The zero-order chi connectivity index (χ0) is 13.7. The molecular weight excluding hydrogens is 228 g/mol. The van der Waals surface area contributed by atoms with E-state index in [0.29, 0.717) is 12.5 Å². The van der Waals surface area contributed by atoms with E-state index < -0.39 is 5.54 Å². The molecule has 4 heteroatoms. The van der Waals surface area contributed by atoms with Crippen molar-refractivity contribution in [2.45, 2.75) is 46.1 Å². The van der Waals surface area contributed by atoms with Crippen LogP contribution in [0.15, 0.2) is 0 Å². The Labute approximate surface area is 109 Å². The number of carbonyl (C=O) groups excluding carboxylic acids is 2. The van der Waals surface area contributed by atoms with Crippen LogP contribution in [0, 0.1) is 23.7 Å². The summed E-state index contributed by atoms with van der Waals surface area (Å²) in [6.07, 6.45) is 1.70. The van der Waals surface area contributed by atoms with E-state index >= 15 is 0 Å². The molecule has 2 rings (SSSR count). The van der Waals surface area contributed by atoms with Gasteiger partial charge in [0.2, 0.25) is 11.8 Å². The highest BCUT2D eigenvalue weighted by Crippen LogP contribution is 2.45. The minimum Gasteiger partial charge on any atom is -0.328 e. The number of amides is 2. The van der Waals surface area contributed by atoms with Crippen LogP contribution < -0.4 is 5.73 Å². The highest BCUT2D eigenvalue weighted by molar-refractivity contribution is 6.06. The summed E-state index contributed by atoms with van der Waals surface area (Å²) in [5, 5.41) is 0. The molecule has 1 saturated heterocycles. The summed E-state index contributed by atoms with van der Waals surface area (Å²) in [4.78, 5) is 26.5. The second-order valence-electron chi connectivity index (χ2n) is 6.52. The SMILES string of the molecule is CC1CC2C(=O)N(C(C)(CN)C(C)C)C(=O)C2C1. The average molecular weight is 252 g/mol. The van der Waals surface area contributed by atoms with Gasteiger partial charge in [0.1, 0.15) is 0 Å². The number of carbonyl (C=O) groups is 2. The van der Waals surface area contributed by atoms with E-state index in [1.54, 1.807) is 0 Å². The lowest BCUT2D eigenvalue weighted by molar-refractivity contribution is -0.149. The zero-order valence-electron chi connectivity index (χ0n) is 11.8. The summed E-state index contributed by atoms with van der Waals surface area (Å²) >= 11 is 0. The molecule has 2 aliphatic rings. The van der Waals surface area contributed by atoms with Crippen LogP contribution >= 0.6 is 0 Å². The molecule has 18 heavy (non-hydrogen) atoms. The smallest absolute Gasteiger partial charge is 0.233 e. The van der Waals surface area contributed by atoms with Gasteiger partial charge in [-0.2, -0.15) is 0 Å². The molecule has 1 heterocycles. The lowest BCUT2D eigenvalue weighted by Gasteiger charge is -2.40. The highest BCUT2D eigenvalue weighted by Gasteiger charge is 2.56. The maximum absolute atomic E-state index is 12.5. The molecule has 3 unspecified atom stereocenters. The first-order valence-electron chi connectivity index (χ1n) is 6.91. The topological polar surface area (TPSA) is 63.4 Å². The lowest BCUT2D eigenvalue weighted by Crippen LogP contribution is -2.58. The van der Waals surface area contributed by atoms with E-state index in [9.17, 15) is 9.59 Å². The molecule has 0 aromatic carbocycles. The van der Waals surface area contributed by atoms with Crippen molar-refractivity contribution in [2.24, 2.45) is 29.4 Å². The number of rotatable bonds is 3. The van der Waals surface area contributed by atoms with Crippen LogP contribution in [0.3, 0.4) is 0 Å². The molecule has 2 fully saturated rings. The number of imide groups is 1. The summed E-state index contributed by atoms with van der Waals surface area (Å²) in [6.45, 7) is 8.41. The summed E-state index contributed by atoms with van der Waals surface area (Å²) < 4.78 is 0. The molecule has 1 saturated carbocycles. The predicted octanol–water partition coefficient (Wildman–Crippen LogP) is 1.39. The van der Waals surface area contributed by atoms with E-state index in [1.807, 2.05) is 20.8 Å². The molecule has 3 atom stereocenters. The van der Waals surface area contributed by atoms with Gasteiger partial charge in [0, 0.05) is 6.54 Å². The van der Waals surface area contributed by atoms with Gasteiger partial charge in [0.05, 0.1) is 17.4 Å². The average Bonchev–Trinajstić information content (AvgIpc) is 2.78. The maximum Gasteiger partial charge on any atom is 0.233 e. The second-order valence-corrected chi connectivity index (χ2v) is 6.52. The van der Waals surface area contributed by atoms with Gasteiger partial charge in [0.25, 0.3) is 0 Å². The Hall–Kier alpha value is -0.900. The fourth-order valence-electron chi connectivity index (χ4n) is 3.37.